The maximum atomic E-state index is 5.40. The van der Waals surface area contributed by atoms with E-state index in [1.165, 1.54) is 10.7 Å². The summed E-state index contributed by atoms with van der Waals surface area (Å²) in [5.74, 6) is 2.31. The fourth-order valence-corrected chi connectivity index (χ4v) is 1.73. The van der Waals surface area contributed by atoms with Crippen molar-refractivity contribution in [2.45, 2.75) is 20.3 Å². The number of ether oxygens (including phenoxy) is 1. The van der Waals surface area contributed by atoms with Gasteiger partial charge in [-0.3, -0.25) is 0 Å². The zero-order valence-electron chi connectivity index (χ0n) is 5.94. The van der Waals surface area contributed by atoms with Crippen LogP contribution in [0.15, 0.2) is 10.7 Å². The Morgan fingerprint density at radius 2 is 2.44 bits per heavy atom. The zero-order valence-corrected chi connectivity index (χ0v) is 6.75. The van der Waals surface area contributed by atoms with Crippen molar-refractivity contribution in [2.24, 2.45) is 0 Å². The largest absolute Gasteiger partial charge is 0.496 e. The minimum absolute atomic E-state index is 0.894. The van der Waals surface area contributed by atoms with Crippen molar-refractivity contribution in [3.8, 4) is 0 Å². The van der Waals surface area contributed by atoms with E-state index in [0.717, 1.165) is 18.8 Å². The Morgan fingerprint density at radius 1 is 1.67 bits per heavy atom. The van der Waals surface area contributed by atoms with Gasteiger partial charge in [-0.1, -0.05) is 6.92 Å². The van der Waals surface area contributed by atoms with Crippen LogP contribution in [0.1, 0.15) is 20.3 Å². The lowest BCUT2D eigenvalue weighted by atomic mass is 10.4. The van der Waals surface area contributed by atoms with Gasteiger partial charge >= 0.3 is 0 Å². The topological polar surface area (TPSA) is 9.23 Å². The first-order valence-corrected chi connectivity index (χ1v) is 4.28. The van der Waals surface area contributed by atoms with Gasteiger partial charge in [0.05, 0.1) is 6.61 Å². The Bertz CT molecular complexity index is 129. The van der Waals surface area contributed by atoms with Crippen LogP contribution in [0.4, 0.5) is 0 Å². The summed E-state index contributed by atoms with van der Waals surface area (Å²) in [4.78, 5) is 1.36. The predicted octanol–water partition coefficient (Wildman–Crippen LogP) is 2.39. The molecule has 1 heterocycles. The van der Waals surface area contributed by atoms with E-state index in [2.05, 4.69) is 13.8 Å². The van der Waals surface area contributed by atoms with Gasteiger partial charge in [-0.15, -0.1) is 11.8 Å². The van der Waals surface area contributed by atoms with Crippen LogP contribution in [0.3, 0.4) is 0 Å². The van der Waals surface area contributed by atoms with E-state index in [-0.39, 0.29) is 0 Å². The molecule has 0 radical (unpaired) electrons. The van der Waals surface area contributed by atoms with Crippen LogP contribution in [0.5, 0.6) is 0 Å². The van der Waals surface area contributed by atoms with Gasteiger partial charge in [0.1, 0.15) is 5.76 Å². The average molecular weight is 144 g/mol. The number of hydrogen-bond donors (Lipinski definition) is 0. The number of hydrogen-bond acceptors (Lipinski definition) is 2. The smallest absolute Gasteiger partial charge is 0.105 e. The summed E-state index contributed by atoms with van der Waals surface area (Å²) in [6.45, 7) is 5.15. The quantitative estimate of drug-likeness (QED) is 0.559. The minimum Gasteiger partial charge on any atom is -0.496 e. The van der Waals surface area contributed by atoms with E-state index in [9.17, 15) is 0 Å². The Balaban J connectivity index is 2.59. The molecule has 0 unspecified atom stereocenters. The van der Waals surface area contributed by atoms with Gasteiger partial charge in [0.25, 0.3) is 0 Å². The molecule has 52 valence electrons. The molecular weight excluding hydrogens is 132 g/mol. The van der Waals surface area contributed by atoms with Crippen molar-refractivity contribution in [1.29, 1.82) is 0 Å². The lowest BCUT2D eigenvalue weighted by Crippen LogP contribution is -2.04. The summed E-state index contributed by atoms with van der Waals surface area (Å²) in [6.07, 6.45) is 1.04. The molecule has 0 saturated carbocycles. The molecule has 2 heteroatoms. The monoisotopic (exact) mass is 144 g/mol. The molecule has 1 aliphatic rings. The number of allylic oxidation sites excluding steroid dienone is 2. The summed E-state index contributed by atoms with van der Waals surface area (Å²) >= 11 is 1.91. The molecule has 0 aliphatic carbocycles. The summed E-state index contributed by atoms with van der Waals surface area (Å²) in [5, 5.41) is 0. The third-order valence-corrected chi connectivity index (χ3v) is 2.42. The first-order chi connectivity index (χ1) is 4.34. The first-order valence-electron chi connectivity index (χ1n) is 3.30. The second-order valence-corrected chi connectivity index (χ2v) is 3.34. The summed E-state index contributed by atoms with van der Waals surface area (Å²) < 4.78 is 5.40. The summed E-state index contributed by atoms with van der Waals surface area (Å²) in [6, 6.07) is 0. The lowest BCUT2D eigenvalue weighted by Gasteiger charge is -2.16. The van der Waals surface area contributed by atoms with Crippen molar-refractivity contribution in [3.63, 3.8) is 0 Å². The molecule has 0 saturated heterocycles. The molecule has 9 heavy (non-hydrogen) atoms. The van der Waals surface area contributed by atoms with Gasteiger partial charge in [-0.25, -0.2) is 0 Å². The van der Waals surface area contributed by atoms with Crippen LogP contribution < -0.4 is 0 Å². The van der Waals surface area contributed by atoms with Gasteiger partial charge in [0.2, 0.25) is 0 Å². The highest BCUT2D eigenvalue weighted by atomic mass is 32.2. The van der Waals surface area contributed by atoms with Gasteiger partial charge in [-0.05, 0) is 6.92 Å². The average Bonchev–Trinajstić information content (AvgIpc) is 1.89. The predicted molar refractivity (Wildman–Crippen MR) is 41.4 cm³/mol. The Labute approximate surface area is 60.5 Å². The van der Waals surface area contributed by atoms with Gasteiger partial charge in [-0.2, -0.15) is 0 Å². The molecule has 0 N–H and O–H groups in total. The van der Waals surface area contributed by atoms with Crippen LogP contribution in [0.25, 0.3) is 0 Å². The molecule has 0 aromatic rings. The highest BCUT2D eigenvalue weighted by molar-refractivity contribution is 8.03. The van der Waals surface area contributed by atoms with Crippen molar-refractivity contribution < 1.29 is 4.74 Å². The molecule has 1 aliphatic heterocycles. The molecule has 0 aromatic carbocycles. The van der Waals surface area contributed by atoms with Crippen LogP contribution in [0.2, 0.25) is 0 Å². The molecular formula is C7H12OS. The standard InChI is InChI=1S/C7H12OS/c1-3-7-6(2)9-5-4-8-7/h3-5H2,1-2H3. The van der Waals surface area contributed by atoms with Crippen molar-refractivity contribution in [1.82, 2.24) is 0 Å². The van der Waals surface area contributed by atoms with E-state index < -0.39 is 0 Å². The maximum Gasteiger partial charge on any atom is 0.105 e. The van der Waals surface area contributed by atoms with E-state index in [1.807, 2.05) is 11.8 Å². The van der Waals surface area contributed by atoms with E-state index in [0.29, 0.717) is 0 Å². The highest BCUT2D eigenvalue weighted by Crippen LogP contribution is 2.25. The summed E-state index contributed by atoms with van der Waals surface area (Å²) in [7, 11) is 0. The van der Waals surface area contributed by atoms with Crippen LogP contribution in [-0.2, 0) is 4.74 Å². The number of thioether (sulfide) groups is 1. The van der Waals surface area contributed by atoms with Gasteiger partial charge < -0.3 is 4.74 Å². The third-order valence-electron chi connectivity index (χ3n) is 1.39. The lowest BCUT2D eigenvalue weighted by molar-refractivity contribution is 0.219. The molecule has 0 fully saturated rings. The molecule has 1 rings (SSSR count). The van der Waals surface area contributed by atoms with Crippen LogP contribution in [-0.4, -0.2) is 12.4 Å². The Kier molecular flexibility index (Phi) is 2.46. The van der Waals surface area contributed by atoms with E-state index >= 15 is 0 Å². The highest BCUT2D eigenvalue weighted by Gasteiger charge is 2.07. The SMILES string of the molecule is CCC1=C(C)SCCO1. The van der Waals surface area contributed by atoms with Gasteiger partial charge in [0, 0.05) is 17.1 Å². The van der Waals surface area contributed by atoms with Crippen LogP contribution >= 0.6 is 11.8 Å². The van der Waals surface area contributed by atoms with Crippen molar-refractivity contribution in [2.75, 3.05) is 12.4 Å². The van der Waals surface area contributed by atoms with E-state index in [4.69, 9.17) is 4.74 Å². The molecule has 0 aromatic heterocycles. The molecule has 0 bridgehead atoms. The Hall–Kier alpha value is -0.110. The normalized spacial score (nSPS) is 19.8. The molecule has 0 atom stereocenters. The Morgan fingerprint density at radius 3 is 2.89 bits per heavy atom. The third kappa shape index (κ3) is 1.65. The summed E-state index contributed by atoms with van der Waals surface area (Å²) in [5.41, 5.74) is 0. The second kappa shape index (κ2) is 3.16. The van der Waals surface area contributed by atoms with Gasteiger partial charge in [0.15, 0.2) is 0 Å². The first kappa shape index (κ1) is 7.00. The second-order valence-electron chi connectivity index (χ2n) is 2.03. The minimum atomic E-state index is 0.894. The van der Waals surface area contributed by atoms with Crippen molar-refractivity contribution >= 4 is 11.8 Å². The van der Waals surface area contributed by atoms with E-state index in [1.54, 1.807) is 0 Å². The number of rotatable bonds is 1. The molecule has 1 nitrogen and oxygen atoms in total. The van der Waals surface area contributed by atoms with Crippen LogP contribution in [0, 0.1) is 0 Å². The fourth-order valence-electron chi connectivity index (χ4n) is 0.893. The maximum absolute atomic E-state index is 5.40. The molecule has 0 amide bonds. The zero-order chi connectivity index (χ0) is 6.69. The fraction of sp³-hybridized carbons (Fsp3) is 0.714. The molecule has 0 spiro atoms. The van der Waals surface area contributed by atoms with Crippen molar-refractivity contribution in [3.05, 3.63) is 10.7 Å².